The van der Waals surface area contributed by atoms with Crippen LogP contribution in [0.2, 0.25) is 0 Å². The topological polar surface area (TPSA) is 64.1 Å². The largest absolute Gasteiger partial charge is 0.485 e. The number of likely N-dealkylation sites (N-methyl/N-ethyl adjacent to an activating group) is 1. The lowest BCUT2D eigenvalue weighted by atomic mass is 10.2. The van der Waals surface area contributed by atoms with Crippen LogP contribution in [-0.4, -0.2) is 66.8 Å². The predicted molar refractivity (Wildman–Crippen MR) is 101 cm³/mol. The fraction of sp³-hybridized carbons (Fsp3) is 0.474. The number of amides is 1. The van der Waals surface area contributed by atoms with Crippen LogP contribution < -0.4 is 9.47 Å². The van der Waals surface area contributed by atoms with Crippen molar-refractivity contribution in [3.05, 3.63) is 40.3 Å². The zero-order chi connectivity index (χ0) is 18.6. The number of rotatable bonds is 5. The molecule has 0 saturated carbocycles. The smallest absolute Gasteiger partial charge is 0.267 e. The Kier molecular flexibility index (Phi) is 5.56. The van der Waals surface area contributed by atoms with E-state index in [1.165, 1.54) is 0 Å². The summed E-state index contributed by atoms with van der Waals surface area (Å²) in [5.41, 5.74) is 0.899. The molecule has 0 radical (unpaired) electrons. The van der Waals surface area contributed by atoms with Crippen molar-refractivity contribution >= 4 is 17.2 Å². The second kappa shape index (κ2) is 8.24. The second-order valence-electron chi connectivity index (χ2n) is 6.68. The van der Waals surface area contributed by atoms with Gasteiger partial charge in [0.1, 0.15) is 11.6 Å². The Balaban J connectivity index is 1.32. The third-order valence-electron chi connectivity index (χ3n) is 4.62. The number of fused-ring (bicyclic) bond motifs is 1. The molecule has 2 aliphatic heterocycles. The van der Waals surface area contributed by atoms with E-state index in [2.05, 4.69) is 9.88 Å². The van der Waals surface area contributed by atoms with Crippen molar-refractivity contribution in [2.75, 3.05) is 40.0 Å². The molecule has 7 nitrogen and oxygen atoms in total. The first-order valence-corrected chi connectivity index (χ1v) is 9.94. The number of nitrogens with zero attached hydrogens (tertiary/aromatic N) is 3. The molecule has 1 aromatic carbocycles. The highest BCUT2D eigenvalue weighted by atomic mass is 32.1. The van der Waals surface area contributed by atoms with Gasteiger partial charge >= 0.3 is 0 Å². The molecular weight excluding hydrogens is 366 g/mol. The molecule has 4 rings (SSSR count). The van der Waals surface area contributed by atoms with Crippen LogP contribution in [0.25, 0.3) is 0 Å². The van der Waals surface area contributed by atoms with Gasteiger partial charge in [0.05, 0.1) is 32.0 Å². The maximum atomic E-state index is 12.7. The molecule has 144 valence electrons. The Morgan fingerprint density at radius 3 is 2.89 bits per heavy atom. The van der Waals surface area contributed by atoms with E-state index in [9.17, 15) is 4.79 Å². The molecule has 2 aromatic rings. The summed E-state index contributed by atoms with van der Waals surface area (Å²) in [5, 5.41) is 3.09. The molecule has 0 spiro atoms. The van der Waals surface area contributed by atoms with Crippen molar-refractivity contribution in [3.8, 4) is 11.5 Å². The molecule has 27 heavy (non-hydrogen) atoms. The number of benzene rings is 1. The Bertz CT molecular complexity index is 791. The average Bonchev–Trinajstić information content (AvgIpc) is 3.14. The number of thiazole rings is 1. The van der Waals surface area contributed by atoms with Gasteiger partial charge in [-0.05, 0) is 12.1 Å². The van der Waals surface area contributed by atoms with E-state index in [1.807, 2.05) is 29.6 Å². The van der Waals surface area contributed by atoms with Crippen molar-refractivity contribution in [2.24, 2.45) is 0 Å². The van der Waals surface area contributed by atoms with Gasteiger partial charge in [0.25, 0.3) is 5.91 Å². The number of aromatic nitrogens is 1. The number of ether oxygens (including phenoxy) is 3. The Morgan fingerprint density at radius 1 is 1.30 bits per heavy atom. The van der Waals surface area contributed by atoms with Crippen LogP contribution in [0.3, 0.4) is 0 Å². The van der Waals surface area contributed by atoms with Gasteiger partial charge in [-0.3, -0.25) is 9.69 Å². The van der Waals surface area contributed by atoms with Crippen molar-refractivity contribution in [1.29, 1.82) is 0 Å². The van der Waals surface area contributed by atoms with Crippen LogP contribution >= 0.6 is 11.3 Å². The lowest BCUT2D eigenvalue weighted by molar-refractivity contribution is -0.140. The van der Waals surface area contributed by atoms with E-state index in [1.54, 1.807) is 23.3 Å². The molecule has 8 heteroatoms. The van der Waals surface area contributed by atoms with Gasteiger partial charge in [-0.1, -0.05) is 12.1 Å². The van der Waals surface area contributed by atoms with Crippen molar-refractivity contribution in [3.63, 3.8) is 0 Å². The average molecular weight is 389 g/mol. The number of hydrogen-bond acceptors (Lipinski definition) is 7. The minimum absolute atomic E-state index is 0.104. The van der Waals surface area contributed by atoms with E-state index in [4.69, 9.17) is 14.2 Å². The first kappa shape index (κ1) is 18.2. The molecule has 0 aliphatic carbocycles. The van der Waals surface area contributed by atoms with Crippen LogP contribution in [0.4, 0.5) is 0 Å². The lowest BCUT2D eigenvalue weighted by Crippen LogP contribution is -2.44. The Morgan fingerprint density at radius 2 is 2.07 bits per heavy atom. The summed E-state index contributed by atoms with van der Waals surface area (Å²) in [6.45, 7) is 4.95. The van der Waals surface area contributed by atoms with Gasteiger partial charge < -0.3 is 19.1 Å². The first-order chi connectivity index (χ1) is 13.2. The van der Waals surface area contributed by atoms with Crippen LogP contribution in [-0.2, 0) is 22.6 Å². The molecule has 1 amide bonds. The second-order valence-corrected chi connectivity index (χ2v) is 7.62. The molecule has 2 aliphatic rings. The quantitative estimate of drug-likeness (QED) is 0.777. The van der Waals surface area contributed by atoms with E-state index < -0.39 is 6.10 Å². The zero-order valence-electron chi connectivity index (χ0n) is 15.3. The van der Waals surface area contributed by atoms with Gasteiger partial charge in [0, 0.05) is 25.5 Å². The number of hydrogen-bond donors (Lipinski definition) is 0. The van der Waals surface area contributed by atoms with E-state index in [0.717, 1.165) is 43.5 Å². The third kappa shape index (κ3) is 4.40. The summed E-state index contributed by atoms with van der Waals surface area (Å²) in [7, 11) is 1.77. The number of carbonyl (C=O) groups is 1. The monoisotopic (exact) mass is 389 g/mol. The summed E-state index contributed by atoms with van der Waals surface area (Å²) in [6, 6.07) is 7.40. The van der Waals surface area contributed by atoms with Gasteiger partial charge in [-0.15, -0.1) is 11.3 Å². The summed E-state index contributed by atoms with van der Waals surface area (Å²) in [6.07, 6.45) is -0.628. The summed E-state index contributed by atoms with van der Waals surface area (Å²) < 4.78 is 16.8. The Labute approximate surface area is 162 Å². The highest BCUT2D eigenvalue weighted by Crippen LogP contribution is 2.31. The minimum Gasteiger partial charge on any atom is -0.485 e. The lowest BCUT2D eigenvalue weighted by Gasteiger charge is -2.28. The van der Waals surface area contributed by atoms with E-state index in [-0.39, 0.29) is 12.5 Å². The van der Waals surface area contributed by atoms with Gasteiger partial charge in [0.2, 0.25) is 6.10 Å². The molecule has 3 heterocycles. The van der Waals surface area contributed by atoms with Crippen LogP contribution in [0.15, 0.2) is 29.6 Å². The minimum atomic E-state index is -0.628. The van der Waals surface area contributed by atoms with Crippen LogP contribution in [0, 0.1) is 0 Å². The summed E-state index contributed by atoms with van der Waals surface area (Å²) >= 11 is 1.64. The molecule has 1 saturated heterocycles. The van der Waals surface area contributed by atoms with Crippen LogP contribution in [0.1, 0.15) is 10.7 Å². The highest BCUT2D eigenvalue weighted by Gasteiger charge is 2.30. The summed E-state index contributed by atoms with van der Waals surface area (Å²) in [4.78, 5) is 21.4. The molecule has 0 bridgehead atoms. The maximum absolute atomic E-state index is 12.7. The fourth-order valence-electron chi connectivity index (χ4n) is 3.15. The van der Waals surface area contributed by atoms with E-state index >= 15 is 0 Å². The zero-order valence-corrected chi connectivity index (χ0v) is 16.1. The molecule has 1 unspecified atom stereocenters. The molecule has 1 aromatic heterocycles. The molecule has 1 atom stereocenters. The number of morpholine rings is 1. The Hall–Kier alpha value is -2.16. The van der Waals surface area contributed by atoms with Gasteiger partial charge in [-0.25, -0.2) is 4.98 Å². The SMILES string of the molecule is CN(Cc1csc(CN2CCOCC2)n1)C(=O)C1COc2ccccc2O1. The highest BCUT2D eigenvalue weighted by molar-refractivity contribution is 7.09. The fourth-order valence-corrected chi connectivity index (χ4v) is 3.98. The molecule has 0 N–H and O–H groups in total. The van der Waals surface area contributed by atoms with Crippen molar-refractivity contribution in [2.45, 2.75) is 19.2 Å². The predicted octanol–water partition coefficient (Wildman–Crippen LogP) is 1.77. The van der Waals surface area contributed by atoms with Gasteiger partial charge in [0.15, 0.2) is 11.5 Å². The maximum Gasteiger partial charge on any atom is 0.267 e. The first-order valence-electron chi connectivity index (χ1n) is 9.06. The van der Waals surface area contributed by atoms with Gasteiger partial charge in [-0.2, -0.15) is 0 Å². The third-order valence-corrected chi connectivity index (χ3v) is 5.50. The number of para-hydroxylation sites is 2. The molecule has 1 fully saturated rings. The van der Waals surface area contributed by atoms with Crippen LogP contribution in [0.5, 0.6) is 11.5 Å². The summed E-state index contributed by atoms with van der Waals surface area (Å²) in [5.74, 6) is 1.18. The van der Waals surface area contributed by atoms with E-state index in [0.29, 0.717) is 18.0 Å². The van der Waals surface area contributed by atoms with Crippen molar-refractivity contribution in [1.82, 2.24) is 14.8 Å². The van der Waals surface area contributed by atoms with Crippen molar-refractivity contribution < 1.29 is 19.0 Å². The standard InChI is InChI=1S/C19H23N3O4S/c1-21(19(23)17-12-25-15-4-2-3-5-16(15)26-17)10-14-13-27-18(20-14)11-22-6-8-24-9-7-22/h2-5,13,17H,6-12H2,1H3. The number of carbonyl (C=O) groups excluding carboxylic acids is 1. The normalized spacial score (nSPS) is 19.7. The molecular formula is C19H23N3O4S.